The Hall–Kier alpha value is -3.33. The van der Waals surface area contributed by atoms with Crippen molar-refractivity contribution < 1.29 is 23.1 Å². The fourth-order valence-electron chi connectivity index (χ4n) is 4.34. The number of aromatic amines is 1. The topological polar surface area (TPSA) is 104 Å². The van der Waals surface area contributed by atoms with E-state index >= 15 is 0 Å². The number of aromatic nitrogens is 1. The summed E-state index contributed by atoms with van der Waals surface area (Å²) in [5, 5.41) is 7.67. The highest BCUT2D eigenvalue weighted by Crippen LogP contribution is 2.45. The van der Waals surface area contributed by atoms with E-state index in [0.29, 0.717) is 6.54 Å². The highest BCUT2D eigenvalue weighted by atomic mass is 19.4. The molecule has 0 aliphatic carbocycles. The number of carbonyl (C=O) groups is 1. The van der Waals surface area contributed by atoms with Gasteiger partial charge in [0.15, 0.2) is 0 Å². The summed E-state index contributed by atoms with van der Waals surface area (Å²) in [4.78, 5) is 18.0. The van der Waals surface area contributed by atoms with Crippen molar-refractivity contribution in [2.24, 2.45) is 10.7 Å². The first kappa shape index (κ1) is 19.6. The second kappa shape index (κ2) is 7.73. The van der Waals surface area contributed by atoms with Gasteiger partial charge in [0.2, 0.25) is 0 Å². The summed E-state index contributed by atoms with van der Waals surface area (Å²) in [6, 6.07) is 17.0. The lowest BCUT2D eigenvalue weighted by molar-refractivity contribution is -0.192. The van der Waals surface area contributed by atoms with Crippen LogP contribution in [0.2, 0.25) is 0 Å². The zero-order valence-corrected chi connectivity index (χ0v) is 16.4. The van der Waals surface area contributed by atoms with Crippen molar-refractivity contribution in [3.63, 3.8) is 0 Å². The number of carboxylic acid groups (broad SMARTS) is 1. The SMILES string of the molecule is NCC[C@@]12Nc3ccccc3C1=NCCc1c2[nH]c2ccccc12.[2H]OC(=O)C(F)(F)F. The molecule has 5 N–H and O–H groups in total. The molecule has 0 saturated carbocycles. The zero-order chi connectivity index (χ0) is 22.9. The molecule has 162 valence electrons. The lowest BCUT2D eigenvalue weighted by atomic mass is 9.84. The number of H-pyrrole nitrogens is 1. The third-order valence-corrected chi connectivity index (χ3v) is 5.56. The lowest BCUT2D eigenvalue weighted by Gasteiger charge is -2.30. The van der Waals surface area contributed by atoms with Crippen LogP contribution in [0.1, 0.15) is 23.2 Å². The summed E-state index contributed by atoms with van der Waals surface area (Å²) < 4.78 is 38.1. The van der Waals surface area contributed by atoms with Crippen LogP contribution >= 0.6 is 0 Å². The van der Waals surface area contributed by atoms with Gasteiger partial charge in [0.05, 0.1) is 11.4 Å². The first-order valence-electron chi connectivity index (χ1n) is 10.2. The average Bonchev–Trinajstić information content (AvgIpc) is 3.26. The molecule has 2 aromatic carbocycles. The molecule has 3 aromatic rings. The van der Waals surface area contributed by atoms with Crippen LogP contribution in [0.15, 0.2) is 53.5 Å². The van der Waals surface area contributed by atoms with Crippen molar-refractivity contribution in [2.45, 2.75) is 24.6 Å². The Kier molecular flexibility index (Phi) is 4.90. The minimum absolute atomic E-state index is 0.344. The van der Waals surface area contributed by atoms with Crippen LogP contribution in [0.5, 0.6) is 0 Å². The number of hydrogen-bond acceptors (Lipinski definition) is 5. The smallest absolute Gasteiger partial charge is 0.475 e. The number of aliphatic carboxylic acids is 1. The van der Waals surface area contributed by atoms with E-state index in [2.05, 4.69) is 63.9 Å². The van der Waals surface area contributed by atoms with E-state index in [4.69, 9.17) is 12.2 Å². The molecule has 0 saturated heterocycles. The number of fused-ring (bicyclic) bond motifs is 7. The Morgan fingerprint density at radius 2 is 1.97 bits per heavy atom. The fourth-order valence-corrected chi connectivity index (χ4v) is 4.34. The van der Waals surface area contributed by atoms with Crippen molar-refractivity contribution >= 4 is 28.3 Å². The summed E-state index contributed by atoms with van der Waals surface area (Å²) in [7, 11) is 0. The number of para-hydroxylation sites is 2. The molecule has 1 atom stereocenters. The molecule has 5 rings (SSSR count). The molecule has 0 fully saturated rings. The predicted octanol–water partition coefficient (Wildman–Crippen LogP) is 3.82. The number of nitrogens with one attached hydrogen (secondary N) is 2. The van der Waals surface area contributed by atoms with Gasteiger partial charge in [-0.25, -0.2) is 4.79 Å². The highest BCUT2D eigenvalue weighted by molar-refractivity contribution is 6.17. The Labute approximate surface area is 177 Å². The number of hydrogen-bond donors (Lipinski definition) is 4. The second-order valence-electron chi connectivity index (χ2n) is 7.40. The lowest BCUT2D eigenvalue weighted by Crippen LogP contribution is -2.41. The average molecular weight is 431 g/mol. The molecule has 9 heteroatoms. The summed E-state index contributed by atoms with van der Waals surface area (Å²) in [6.07, 6.45) is -3.26. The highest BCUT2D eigenvalue weighted by Gasteiger charge is 2.47. The molecular formula is C22H21F3N4O2. The van der Waals surface area contributed by atoms with Crippen molar-refractivity contribution in [3.8, 4) is 0 Å². The molecule has 1 aromatic heterocycles. The molecule has 0 radical (unpaired) electrons. The molecule has 0 amide bonds. The number of nitrogens with two attached hydrogens (primary N) is 1. The number of aliphatic imine (C=N–C) groups is 1. The Balaban J connectivity index is 0.000000265. The number of alkyl halides is 3. The minimum atomic E-state index is -5.04. The summed E-state index contributed by atoms with van der Waals surface area (Å²) >= 11 is 0. The molecule has 6 nitrogen and oxygen atoms in total. The van der Waals surface area contributed by atoms with Crippen LogP contribution in [0.25, 0.3) is 12.3 Å². The third-order valence-electron chi connectivity index (χ3n) is 5.56. The number of rotatable bonds is 2. The van der Waals surface area contributed by atoms with Crippen LogP contribution in [-0.4, -0.2) is 41.0 Å². The molecule has 2 aliphatic rings. The van der Waals surface area contributed by atoms with E-state index in [1.54, 1.807) is 0 Å². The van der Waals surface area contributed by atoms with Gasteiger partial charge in [-0.05, 0) is 37.1 Å². The van der Waals surface area contributed by atoms with Gasteiger partial charge in [-0.15, -0.1) is 0 Å². The number of benzene rings is 2. The van der Waals surface area contributed by atoms with E-state index in [1.165, 1.54) is 27.7 Å². The first-order chi connectivity index (χ1) is 15.3. The van der Waals surface area contributed by atoms with Crippen molar-refractivity contribution in [1.82, 2.24) is 4.98 Å². The quantitative estimate of drug-likeness (QED) is 0.495. The van der Waals surface area contributed by atoms with Crippen LogP contribution in [-0.2, 0) is 16.8 Å². The first-order valence-corrected chi connectivity index (χ1v) is 9.79. The number of nitrogens with zero attached hydrogens (tertiary/aromatic N) is 1. The van der Waals surface area contributed by atoms with Gasteiger partial charge in [-0.2, -0.15) is 13.2 Å². The molecular weight excluding hydrogens is 409 g/mol. The largest absolute Gasteiger partial charge is 0.490 e. The summed E-state index contributed by atoms with van der Waals surface area (Å²) in [5.74, 6) is -2.50. The van der Waals surface area contributed by atoms with Gasteiger partial charge in [-0.3, -0.25) is 4.99 Å². The van der Waals surface area contributed by atoms with Gasteiger partial charge in [0, 0.05) is 28.7 Å². The van der Waals surface area contributed by atoms with Gasteiger partial charge in [-0.1, -0.05) is 36.4 Å². The molecule has 3 heterocycles. The maximum Gasteiger partial charge on any atom is 0.490 e. The van der Waals surface area contributed by atoms with E-state index in [9.17, 15) is 18.0 Å². The molecule has 31 heavy (non-hydrogen) atoms. The van der Waals surface area contributed by atoms with Crippen LogP contribution in [0.4, 0.5) is 18.9 Å². The number of halogens is 3. The fraction of sp³-hybridized carbons (Fsp3) is 0.273. The Morgan fingerprint density at radius 3 is 2.68 bits per heavy atom. The van der Waals surface area contributed by atoms with Gasteiger partial charge >= 0.3 is 12.1 Å². The maximum absolute atomic E-state index is 10.9. The van der Waals surface area contributed by atoms with Crippen LogP contribution in [0, 0.1) is 0 Å². The summed E-state index contributed by atoms with van der Waals surface area (Å²) in [5.41, 5.74) is 13.0. The number of carboxylic acids is 1. The molecule has 0 unspecified atom stereocenters. The molecule has 0 spiro atoms. The Morgan fingerprint density at radius 1 is 1.23 bits per heavy atom. The van der Waals surface area contributed by atoms with Crippen molar-refractivity contribution in [3.05, 3.63) is 65.4 Å². The third kappa shape index (κ3) is 3.54. The monoisotopic (exact) mass is 431 g/mol. The van der Waals surface area contributed by atoms with Gasteiger partial charge < -0.3 is 21.1 Å². The van der Waals surface area contributed by atoms with Gasteiger partial charge in [0.1, 0.15) is 5.54 Å². The summed E-state index contributed by atoms with van der Waals surface area (Å²) in [6.45, 7) is 1.42. The normalized spacial score (nSPS) is 19.5. The van der Waals surface area contributed by atoms with Gasteiger partial charge in [0.25, 0.3) is 1.43 Å². The van der Waals surface area contributed by atoms with Crippen LogP contribution < -0.4 is 11.1 Å². The van der Waals surface area contributed by atoms with Crippen molar-refractivity contribution in [1.29, 1.82) is 1.43 Å². The van der Waals surface area contributed by atoms with E-state index < -0.39 is 12.1 Å². The molecule has 0 bridgehead atoms. The van der Waals surface area contributed by atoms with Crippen LogP contribution in [0.3, 0.4) is 0 Å². The van der Waals surface area contributed by atoms with Crippen molar-refractivity contribution in [2.75, 3.05) is 18.4 Å². The maximum atomic E-state index is 10.9. The van der Waals surface area contributed by atoms with E-state index in [-0.39, 0.29) is 5.54 Å². The van der Waals surface area contributed by atoms with E-state index in [1.807, 2.05) is 0 Å². The second-order valence-corrected chi connectivity index (χ2v) is 7.40. The predicted molar refractivity (Wildman–Crippen MR) is 113 cm³/mol. The van der Waals surface area contributed by atoms with E-state index in [0.717, 1.165) is 30.8 Å². The molecule has 2 aliphatic heterocycles. The zero-order valence-electron chi connectivity index (χ0n) is 17.4. The standard InChI is InChI=1S/C20H20N4.C2HF3O2/c21-11-10-20-18(15-6-2-4-8-17(15)24-20)22-12-9-14-13-5-1-3-7-16(13)23-19(14)20;3-2(4,5)1(6)7/h1-8,23-24H,9-12,21H2;(H,6,7)/t20-;/m1./s1/i/hD. The minimum Gasteiger partial charge on any atom is -0.475 e. The Bertz CT molecular complexity index is 1190. The number of anilines is 1.